The van der Waals surface area contributed by atoms with Crippen molar-refractivity contribution in [3.05, 3.63) is 34.7 Å². The number of carbonyl (C=O) groups is 1. The lowest BCUT2D eigenvalue weighted by molar-refractivity contribution is -0.116. The second kappa shape index (κ2) is 7.25. The Bertz CT molecular complexity index is 668. The average molecular weight is 335 g/mol. The molecule has 2 aromatic rings. The number of hydrogen-bond acceptors (Lipinski definition) is 3. The molecule has 1 aromatic heterocycles. The van der Waals surface area contributed by atoms with Gasteiger partial charge < -0.3 is 5.32 Å². The van der Waals surface area contributed by atoms with Gasteiger partial charge in [0.1, 0.15) is 0 Å². The summed E-state index contributed by atoms with van der Waals surface area (Å²) < 4.78 is 0. The molecule has 0 aliphatic heterocycles. The monoisotopic (exact) mass is 334 g/mol. The molecule has 3 nitrogen and oxygen atoms in total. The van der Waals surface area contributed by atoms with Gasteiger partial charge in [0.25, 0.3) is 0 Å². The van der Waals surface area contributed by atoms with Crippen molar-refractivity contribution in [2.75, 3.05) is 11.2 Å². The molecule has 116 valence electrons. The van der Waals surface area contributed by atoms with Crippen LogP contribution in [0.15, 0.2) is 23.6 Å². The minimum Gasteiger partial charge on any atom is -0.302 e. The van der Waals surface area contributed by atoms with Gasteiger partial charge in [-0.05, 0) is 49.3 Å². The standard InChI is InChI=1S/C17H19ClN2OS/c18-9-3-6-16(21)20-17-19-15(11-22-17)14-8-7-12-4-1-2-5-13(12)10-14/h7-8,10-11H,1-6,9H2,(H,19,20,21). The fraction of sp³-hybridized carbons (Fsp3) is 0.412. The maximum absolute atomic E-state index is 11.7. The molecule has 0 bridgehead atoms. The number of hydrogen-bond donors (Lipinski definition) is 1. The van der Waals surface area contributed by atoms with E-state index < -0.39 is 0 Å². The molecule has 1 aliphatic rings. The van der Waals surface area contributed by atoms with Crippen molar-refractivity contribution >= 4 is 34.0 Å². The van der Waals surface area contributed by atoms with Crippen LogP contribution in [0.1, 0.15) is 36.8 Å². The van der Waals surface area contributed by atoms with Crippen LogP contribution >= 0.6 is 22.9 Å². The lowest BCUT2D eigenvalue weighted by atomic mass is 9.90. The molecule has 5 heteroatoms. The van der Waals surface area contributed by atoms with Crippen LogP contribution < -0.4 is 5.32 Å². The number of amides is 1. The molecule has 0 unspecified atom stereocenters. The molecule has 1 heterocycles. The number of alkyl halides is 1. The van der Waals surface area contributed by atoms with E-state index in [-0.39, 0.29) is 5.91 Å². The van der Waals surface area contributed by atoms with Crippen molar-refractivity contribution in [2.45, 2.75) is 38.5 Å². The topological polar surface area (TPSA) is 42.0 Å². The fourth-order valence-electron chi connectivity index (χ4n) is 2.77. The Kier molecular flexibility index (Phi) is 5.11. The summed E-state index contributed by atoms with van der Waals surface area (Å²) in [5.41, 5.74) is 4.99. The minimum absolute atomic E-state index is 0.0213. The Balaban J connectivity index is 1.72. The van der Waals surface area contributed by atoms with Gasteiger partial charge in [-0.25, -0.2) is 4.98 Å². The number of halogens is 1. The number of thiazole rings is 1. The highest BCUT2D eigenvalue weighted by atomic mass is 35.5. The summed E-state index contributed by atoms with van der Waals surface area (Å²) >= 11 is 7.07. The molecule has 22 heavy (non-hydrogen) atoms. The van der Waals surface area contributed by atoms with E-state index in [0.717, 1.165) is 17.7 Å². The number of carbonyl (C=O) groups excluding carboxylic acids is 1. The van der Waals surface area contributed by atoms with Crippen LogP contribution in [0.5, 0.6) is 0 Å². The van der Waals surface area contributed by atoms with Gasteiger partial charge >= 0.3 is 0 Å². The number of anilines is 1. The summed E-state index contributed by atoms with van der Waals surface area (Å²) in [5.74, 6) is 0.484. The van der Waals surface area contributed by atoms with Gasteiger partial charge in [0.2, 0.25) is 5.91 Å². The summed E-state index contributed by atoms with van der Waals surface area (Å²) in [6.07, 6.45) is 6.05. The molecule has 1 amide bonds. The van der Waals surface area contributed by atoms with Gasteiger partial charge in [-0.1, -0.05) is 12.1 Å². The Hall–Kier alpha value is -1.39. The predicted molar refractivity (Wildman–Crippen MR) is 92.8 cm³/mol. The lowest BCUT2D eigenvalue weighted by Crippen LogP contribution is -2.11. The summed E-state index contributed by atoms with van der Waals surface area (Å²) in [6, 6.07) is 6.61. The maximum Gasteiger partial charge on any atom is 0.226 e. The van der Waals surface area contributed by atoms with Gasteiger partial charge in [0.15, 0.2) is 5.13 Å². The van der Waals surface area contributed by atoms with E-state index in [1.54, 1.807) is 0 Å². The molecule has 0 saturated heterocycles. The number of benzene rings is 1. The third-order valence-electron chi connectivity index (χ3n) is 3.93. The van der Waals surface area contributed by atoms with Crippen molar-refractivity contribution < 1.29 is 4.79 Å². The van der Waals surface area contributed by atoms with Crippen LogP contribution in [0.2, 0.25) is 0 Å². The van der Waals surface area contributed by atoms with E-state index in [9.17, 15) is 4.79 Å². The van der Waals surface area contributed by atoms with Crippen LogP contribution in [0.4, 0.5) is 5.13 Å². The largest absolute Gasteiger partial charge is 0.302 e. The normalized spacial score (nSPS) is 13.7. The molecular weight excluding hydrogens is 316 g/mol. The third-order valence-corrected chi connectivity index (χ3v) is 4.96. The van der Waals surface area contributed by atoms with E-state index >= 15 is 0 Å². The molecule has 0 radical (unpaired) electrons. The summed E-state index contributed by atoms with van der Waals surface area (Å²) in [5, 5.41) is 5.50. The number of nitrogens with one attached hydrogen (secondary N) is 1. The predicted octanol–water partition coefficient (Wildman–Crippen LogP) is 4.65. The zero-order chi connectivity index (χ0) is 15.4. The van der Waals surface area contributed by atoms with Crippen molar-refractivity contribution in [3.63, 3.8) is 0 Å². The Labute approximate surface area is 139 Å². The summed E-state index contributed by atoms with van der Waals surface area (Å²) in [4.78, 5) is 16.2. The first-order valence-corrected chi connectivity index (χ1v) is 9.11. The highest BCUT2D eigenvalue weighted by molar-refractivity contribution is 7.14. The third kappa shape index (κ3) is 3.68. The zero-order valence-corrected chi connectivity index (χ0v) is 14.0. The van der Waals surface area contributed by atoms with E-state index in [4.69, 9.17) is 11.6 Å². The second-order valence-electron chi connectivity index (χ2n) is 5.57. The SMILES string of the molecule is O=C(CCCCl)Nc1nc(-c2ccc3c(c2)CCCC3)cs1. The quantitative estimate of drug-likeness (QED) is 0.809. The molecule has 3 rings (SSSR count). The van der Waals surface area contributed by atoms with Crippen LogP contribution in [0, 0.1) is 0 Å². The number of aromatic nitrogens is 1. The fourth-order valence-corrected chi connectivity index (χ4v) is 3.64. The van der Waals surface area contributed by atoms with E-state index in [2.05, 4.69) is 28.5 Å². The van der Waals surface area contributed by atoms with Crippen molar-refractivity contribution in [1.29, 1.82) is 0 Å². The Morgan fingerprint density at radius 3 is 2.91 bits per heavy atom. The van der Waals surface area contributed by atoms with Crippen LogP contribution in [0.3, 0.4) is 0 Å². The molecule has 0 fully saturated rings. The first kappa shape index (κ1) is 15.5. The summed E-state index contributed by atoms with van der Waals surface area (Å²) in [6.45, 7) is 0. The molecule has 1 aliphatic carbocycles. The maximum atomic E-state index is 11.7. The van der Waals surface area contributed by atoms with Crippen molar-refractivity contribution in [2.24, 2.45) is 0 Å². The number of aryl methyl sites for hydroxylation is 2. The van der Waals surface area contributed by atoms with Gasteiger partial charge in [0.05, 0.1) is 5.69 Å². The van der Waals surface area contributed by atoms with Gasteiger partial charge in [-0.2, -0.15) is 0 Å². The van der Waals surface area contributed by atoms with Gasteiger partial charge in [0, 0.05) is 23.2 Å². The molecule has 0 spiro atoms. The average Bonchev–Trinajstić information content (AvgIpc) is 3.01. The highest BCUT2D eigenvalue weighted by Crippen LogP contribution is 2.29. The smallest absolute Gasteiger partial charge is 0.226 e. The van der Waals surface area contributed by atoms with Crippen LogP contribution in [0.25, 0.3) is 11.3 Å². The Morgan fingerprint density at radius 2 is 2.09 bits per heavy atom. The number of fused-ring (bicyclic) bond motifs is 1. The molecule has 1 aromatic carbocycles. The number of rotatable bonds is 5. The summed E-state index contributed by atoms with van der Waals surface area (Å²) in [7, 11) is 0. The molecular formula is C17H19ClN2OS. The number of nitrogens with zero attached hydrogens (tertiary/aromatic N) is 1. The van der Waals surface area contributed by atoms with Crippen LogP contribution in [-0.4, -0.2) is 16.8 Å². The molecule has 0 atom stereocenters. The van der Waals surface area contributed by atoms with E-state index in [1.165, 1.54) is 41.7 Å². The Morgan fingerprint density at radius 1 is 1.27 bits per heavy atom. The lowest BCUT2D eigenvalue weighted by Gasteiger charge is -2.16. The second-order valence-corrected chi connectivity index (χ2v) is 6.81. The van der Waals surface area contributed by atoms with Gasteiger partial charge in [-0.15, -0.1) is 22.9 Å². The first-order chi connectivity index (χ1) is 10.8. The van der Waals surface area contributed by atoms with Gasteiger partial charge in [-0.3, -0.25) is 4.79 Å². The van der Waals surface area contributed by atoms with E-state index in [1.807, 2.05) is 5.38 Å². The molecule has 1 N–H and O–H groups in total. The van der Waals surface area contributed by atoms with E-state index in [0.29, 0.717) is 23.9 Å². The van der Waals surface area contributed by atoms with Crippen LogP contribution in [-0.2, 0) is 17.6 Å². The highest BCUT2D eigenvalue weighted by Gasteiger charge is 2.12. The molecule has 0 saturated carbocycles. The first-order valence-electron chi connectivity index (χ1n) is 7.70. The minimum atomic E-state index is -0.0213. The van der Waals surface area contributed by atoms with Crippen molar-refractivity contribution in [1.82, 2.24) is 4.98 Å². The van der Waals surface area contributed by atoms with Crippen molar-refractivity contribution in [3.8, 4) is 11.3 Å². The zero-order valence-electron chi connectivity index (χ0n) is 12.4.